The normalized spacial score (nSPS) is 34.8. The third-order valence-electron chi connectivity index (χ3n) is 4.29. The van der Waals surface area contributed by atoms with Gasteiger partial charge in [0.2, 0.25) is 0 Å². The molecule has 0 aromatic carbocycles. The van der Waals surface area contributed by atoms with Gasteiger partial charge in [0, 0.05) is 18.6 Å². The van der Waals surface area contributed by atoms with Crippen molar-refractivity contribution in [3.05, 3.63) is 0 Å². The summed E-state index contributed by atoms with van der Waals surface area (Å²) >= 11 is 0. The highest BCUT2D eigenvalue weighted by Crippen LogP contribution is 2.33. The van der Waals surface area contributed by atoms with Crippen LogP contribution >= 0.6 is 0 Å². The van der Waals surface area contributed by atoms with E-state index in [9.17, 15) is 0 Å². The Morgan fingerprint density at radius 1 is 1.27 bits per heavy atom. The van der Waals surface area contributed by atoms with Crippen LogP contribution in [0.3, 0.4) is 0 Å². The van der Waals surface area contributed by atoms with Crippen molar-refractivity contribution < 1.29 is 4.74 Å². The summed E-state index contributed by atoms with van der Waals surface area (Å²) in [7, 11) is 0. The average molecular weight is 211 g/mol. The molecule has 0 aromatic rings. The minimum Gasteiger partial charge on any atom is -0.378 e. The van der Waals surface area contributed by atoms with Crippen LogP contribution < -0.4 is 5.73 Å². The number of rotatable bonds is 4. The Balaban J connectivity index is 1.80. The molecule has 2 aliphatic rings. The lowest BCUT2D eigenvalue weighted by Gasteiger charge is -2.25. The fraction of sp³-hybridized carbons (Fsp3) is 1.00. The molecular weight excluding hydrogens is 186 g/mol. The standard InChI is InChI=1S/C13H25NO/c1-2-13-11(7-8-15-13)12(14)9-10-5-3-4-6-10/h10-13H,2-9,14H2,1H3. The number of hydrogen-bond donors (Lipinski definition) is 1. The smallest absolute Gasteiger partial charge is 0.0616 e. The van der Waals surface area contributed by atoms with Crippen LogP contribution in [0, 0.1) is 11.8 Å². The molecule has 1 saturated carbocycles. The lowest BCUT2D eigenvalue weighted by Crippen LogP contribution is -2.36. The molecule has 1 heterocycles. The molecule has 0 spiro atoms. The van der Waals surface area contributed by atoms with Crippen molar-refractivity contribution in [2.24, 2.45) is 17.6 Å². The van der Waals surface area contributed by atoms with E-state index in [0.29, 0.717) is 18.1 Å². The molecule has 0 bridgehead atoms. The zero-order chi connectivity index (χ0) is 10.7. The summed E-state index contributed by atoms with van der Waals surface area (Å²) in [5, 5.41) is 0. The van der Waals surface area contributed by atoms with Gasteiger partial charge in [-0.2, -0.15) is 0 Å². The third-order valence-corrected chi connectivity index (χ3v) is 4.29. The molecule has 88 valence electrons. The molecule has 0 aromatic heterocycles. The monoisotopic (exact) mass is 211 g/mol. The Morgan fingerprint density at radius 3 is 2.67 bits per heavy atom. The van der Waals surface area contributed by atoms with Gasteiger partial charge < -0.3 is 10.5 Å². The summed E-state index contributed by atoms with van der Waals surface area (Å²) in [5.41, 5.74) is 6.34. The quantitative estimate of drug-likeness (QED) is 0.776. The second-order valence-corrected chi connectivity index (χ2v) is 5.32. The van der Waals surface area contributed by atoms with Gasteiger partial charge in [0.05, 0.1) is 6.10 Å². The molecule has 0 radical (unpaired) electrons. The van der Waals surface area contributed by atoms with Gasteiger partial charge in [-0.05, 0) is 25.2 Å². The molecule has 2 rings (SSSR count). The number of nitrogens with two attached hydrogens (primary N) is 1. The maximum Gasteiger partial charge on any atom is 0.0616 e. The van der Waals surface area contributed by atoms with Gasteiger partial charge in [-0.25, -0.2) is 0 Å². The van der Waals surface area contributed by atoms with Crippen molar-refractivity contribution in [3.8, 4) is 0 Å². The first-order chi connectivity index (χ1) is 7.31. The summed E-state index contributed by atoms with van der Waals surface area (Å²) in [4.78, 5) is 0. The lowest BCUT2D eigenvalue weighted by atomic mass is 9.85. The third kappa shape index (κ3) is 2.73. The number of ether oxygens (including phenoxy) is 1. The van der Waals surface area contributed by atoms with Crippen LogP contribution in [0.15, 0.2) is 0 Å². The Hall–Kier alpha value is -0.0800. The second kappa shape index (κ2) is 5.31. The van der Waals surface area contributed by atoms with Crippen LogP contribution in [0.2, 0.25) is 0 Å². The summed E-state index contributed by atoms with van der Waals surface area (Å²) in [6, 6.07) is 0.389. The van der Waals surface area contributed by atoms with Gasteiger partial charge in [0.25, 0.3) is 0 Å². The van der Waals surface area contributed by atoms with E-state index >= 15 is 0 Å². The summed E-state index contributed by atoms with van der Waals surface area (Å²) in [5.74, 6) is 1.55. The van der Waals surface area contributed by atoms with E-state index in [1.807, 2.05) is 0 Å². The molecule has 3 atom stereocenters. The van der Waals surface area contributed by atoms with E-state index in [2.05, 4.69) is 6.92 Å². The molecular formula is C13H25NO. The van der Waals surface area contributed by atoms with Crippen LogP contribution in [0.25, 0.3) is 0 Å². The van der Waals surface area contributed by atoms with Gasteiger partial charge in [0.15, 0.2) is 0 Å². The van der Waals surface area contributed by atoms with Gasteiger partial charge >= 0.3 is 0 Å². The molecule has 1 aliphatic heterocycles. The fourth-order valence-corrected chi connectivity index (χ4v) is 3.38. The van der Waals surface area contributed by atoms with Crippen molar-refractivity contribution in [2.45, 2.75) is 64.0 Å². The van der Waals surface area contributed by atoms with Crippen molar-refractivity contribution in [1.29, 1.82) is 0 Å². The van der Waals surface area contributed by atoms with E-state index in [1.54, 1.807) is 0 Å². The maximum absolute atomic E-state index is 6.34. The van der Waals surface area contributed by atoms with Crippen molar-refractivity contribution in [3.63, 3.8) is 0 Å². The molecule has 2 nitrogen and oxygen atoms in total. The molecule has 2 N–H and O–H groups in total. The van der Waals surface area contributed by atoms with Crippen LogP contribution in [-0.4, -0.2) is 18.8 Å². The maximum atomic E-state index is 6.34. The summed E-state index contributed by atoms with van der Waals surface area (Å²) in [6.07, 6.45) is 9.68. The largest absolute Gasteiger partial charge is 0.378 e. The van der Waals surface area contributed by atoms with Gasteiger partial charge in [0.1, 0.15) is 0 Å². The second-order valence-electron chi connectivity index (χ2n) is 5.32. The summed E-state index contributed by atoms with van der Waals surface area (Å²) < 4.78 is 5.72. The van der Waals surface area contributed by atoms with E-state index < -0.39 is 0 Å². The zero-order valence-corrected chi connectivity index (χ0v) is 9.95. The van der Waals surface area contributed by atoms with Crippen molar-refractivity contribution in [1.82, 2.24) is 0 Å². The van der Waals surface area contributed by atoms with Crippen LogP contribution in [0.1, 0.15) is 51.9 Å². The molecule has 2 heteroatoms. The van der Waals surface area contributed by atoms with Crippen molar-refractivity contribution in [2.75, 3.05) is 6.61 Å². The van der Waals surface area contributed by atoms with Gasteiger partial charge in [-0.3, -0.25) is 0 Å². The predicted octanol–water partition coefficient (Wildman–Crippen LogP) is 2.71. The molecule has 0 amide bonds. The minimum absolute atomic E-state index is 0.389. The molecule has 1 saturated heterocycles. The lowest BCUT2D eigenvalue weighted by molar-refractivity contribution is 0.0789. The molecule has 1 aliphatic carbocycles. The topological polar surface area (TPSA) is 35.2 Å². The number of hydrogen-bond acceptors (Lipinski definition) is 2. The first kappa shape index (κ1) is 11.4. The first-order valence-electron chi connectivity index (χ1n) is 6.68. The Bertz CT molecular complexity index is 189. The van der Waals surface area contributed by atoms with Crippen LogP contribution in [0.4, 0.5) is 0 Å². The predicted molar refractivity (Wildman–Crippen MR) is 62.7 cm³/mol. The van der Waals surface area contributed by atoms with Crippen LogP contribution in [-0.2, 0) is 4.74 Å². The average Bonchev–Trinajstić information content (AvgIpc) is 2.86. The fourth-order valence-electron chi connectivity index (χ4n) is 3.38. The molecule has 15 heavy (non-hydrogen) atoms. The van der Waals surface area contributed by atoms with Crippen LogP contribution in [0.5, 0.6) is 0 Å². The molecule has 3 unspecified atom stereocenters. The Labute approximate surface area is 93.6 Å². The molecule has 2 fully saturated rings. The van der Waals surface area contributed by atoms with E-state index in [0.717, 1.165) is 18.9 Å². The van der Waals surface area contributed by atoms with Gasteiger partial charge in [-0.15, -0.1) is 0 Å². The Morgan fingerprint density at radius 2 is 2.00 bits per heavy atom. The highest BCUT2D eigenvalue weighted by molar-refractivity contribution is 4.86. The highest BCUT2D eigenvalue weighted by atomic mass is 16.5. The highest BCUT2D eigenvalue weighted by Gasteiger charge is 2.33. The first-order valence-corrected chi connectivity index (χ1v) is 6.68. The van der Waals surface area contributed by atoms with E-state index in [1.165, 1.54) is 38.5 Å². The Kier molecular flexibility index (Phi) is 4.04. The summed E-state index contributed by atoms with van der Waals surface area (Å²) in [6.45, 7) is 3.15. The van der Waals surface area contributed by atoms with Gasteiger partial charge in [-0.1, -0.05) is 32.6 Å². The zero-order valence-electron chi connectivity index (χ0n) is 9.95. The van der Waals surface area contributed by atoms with Crippen molar-refractivity contribution >= 4 is 0 Å². The minimum atomic E-state index is 0.389. The SMILES string of the molecule is CCC1OCCC1C(N)CC1CCCC1. The van der Waals surface area contributed by atoms with E-state index in [-0.39, 0.29) is 0 Å². The van der Waals surface area contributed by atoms with E-state index in [4.69, 9.17) is 10.5 Å².